The molecule has 0 aliphatic carbocycles. The second-order valence-corrected chi connectivity index (χ2v) is 5.55. The molecule has 1 fully saturated rings. The number of nitrogens with two attached hydrogens (primary N) is 1. The standard InChI is InChI=1S/C16H18ClN3/c17-14-6-5-12(10-18)16(9-14)20-8-2-4-15(20)13-3-1-7-19-11-13/h1,3,5-7,9,11,15H,2,4,8,10,18H2. The molecule has 0 radical (unpaired) electrons. The normalized spacial score (nSPS) is 18.5. The monoisotopic (exact) mass is 287 g/mol. The third-order valence-corrected chi connectivity index (χ3v) is 4.13. The highest BCUT2D eigenvalue weighted by Crippen LogP contribution is 2.38. The first-order chi connectivity index (χ1) is 9.79. The molecule has 0 bridgehead atoms. The van der Waals surface area contributed by atoms with Gasteiger partial charge in [0.25, 0.3) is 0 Å². The fourth-order valence-corrected chi connectivity index (χ4v) is 3.12. The Labute approximate surface area is 124 Å². The lowest BCUT2D eigenvalue weighted by Crippen LogP contribution is -2.24. The second-order valence-electron chi connectivity index (χ2n) is 5.11. The molecule has 1 aliphatic rings. The van der Waals surface area contributed by atoms with Crippen molar-refractivity contribution in [2.45, 2.75) is 25.4 Å². The van der Waals surface area contributed by atoms with Gasteiger partial charge in [-0.3, -0.25) is 4.98 Å². The van der Waals surface area contributed by atoms with Crippen molar-refractivity contribution >= 4 is 17.3 Å². The van der Waals surface area contributed by atoms with Crippen LogP contribution in [0.25, 0.3) is 0 Å². The van der Waals surface area contributed by atoms with E-state index < -0.39 is 0 Å². The molecule has 1 atom stereocenters. The van der Waals surface area contributed by atoms with Gasteiger partial charge < -0.3 is 10.6 Å². The first-order valence-electron chi connectivity index (χ1n) is 6.94. The molecule has 2 N–H and O–H groups in total. The fraction of sp³-hybridized carbons (Fsp3) is 0.312. The summed E-state index contributed by atoms with van der Waals surface area (Å²) in [5, 5.41) is 0.758. The smallest absolute Gasteiger partial charge is 0.0558 e. The van der Waals surface area contributed by atoms with Crippen molar-refractivity contribution in [2.75, 3.05) is 11.4 Å². The molecule has 3 rings (SSSR count). The maximum atomic E-state index is 6.17. The topological polar surface area (TPSA) is 42.1 Å². The Balaban J connectivity index is 1.99. The summed E-state index contributed by atoms with van der Waals surface area (Å²) in [4.78, 5) is 6.65. The fourth-order valence-electron chi connectivity index (χ4n) is 2.95. The van der Waals surface area contributed by atoms with Crippen LogP contribution in [-0.4, -0.2) is 11.5 Å². The summed E-state index contributed by atoms with van der Waals surface area (Å²) < 4.78 is 0. The SMILES string of the molecule is NCc1ccc(Cl)cc1N1CCCC1c1cccnc1. The Morgan fingerprint density at radius 3 is 3.00 bits per heavy atom. The molecule has 4 heteroatoms. The molecule has 1 saturated heterocycles. The molecule has 1 unspecified atom stereocenters. The molecule has 1 aromatic heterocycles. The zero-order chi connectivity index (χ0) is 13.9. The summed E-state index contributed by atoms with van der Waals surface area (Å²) in [5.41, 5.74) is 9.43. The van der Waals surface area contributed by atoms with Crippen LogP contribution < -0.4 is 10.6 Å². The predicted octanol–water partition coefficient (Wildman–Crippen LogP) is 3.54. The highest BCUT2D eigenvalue weighted by molar-refractivity contribution is 6.30. The van der Waals surface area contributed by atoms with E-state index in [1.807, 2.05) is 36.7 Å². The van der Waals surface area contributed by atoms with E-state index in [0.717, 1.165) is 29.2 Å². The average Bonchev–Trinajstić information content (AvgIpc) is 2.97. The minimum Gasteiger partial charge on any atom is -0.364 e. The van der Waals surface area contributed by atoms with Crippen LogP contribution in [0.3, 0.4) is 0 Å². The van der Waals surface area contributed by atoms with Crippen LogP contribution in [0.2, 0.25) is 5.02 Å². The van der Waals surface area contributed by atoms with Crippen LogP contribution in [0.5, 0.6) is 0 Å². The van der Waals surface area contributed by atoms with Crippen molar-refractivity contribution in [1.29, 1.82) is 0 Å². The molecule has 2 heterocycles. The first-order valence-corrected chi connectivity index (χ1v) is 7.32. The van der Waals surface area contributed by atoms with E-state index >= 15 is 0 Å². The van der Waals surface area contributed by atoms with Crippen molar-refractivity contribution in [3.63, 3.8) is 0 Å². The Hall–Kier alpha value is -1.58. The van der Waals surface area contributed by atoms with Crippen molar-refractivity contribution in [1.82, 2.24) is 4.98 Å². The molecular formula is C16H18ClN3. The van der Waals surface area contributed by atoms with E-state index in [-0.39, 0.29) is 0 Å². The summed E-state index contributed by atoms with van der Waals surface area (Å²) in [5.74, 6) is 0. The largest absolute Gasteiger partial charge is 0.364 e. The van der Waals surface area contributed by atoms with Gasteiger partial charge in [-0.05, 0) is 42.2 Å². The quantitative estimate of drug-likeness (QED) is 0.939. The lowest BCUT2D eigenvalue weighted by Gasteiger charge is -2.29. The Morgan fingerprint density at radius 1 is 1.35 bits per heavy atom. The summed E-state index contributed by atoms with van der Waals surface area (Å²) in [6.07, 6.45) is 6.08. The minimum atomic E-state index is 0.368. The number of pyridine rings is 1. The van der Waals surface area contributed by atoms with Gasteiger partial charge in [0, 0.05) is 36.2 Å². The van der Waals surface area contributed by atoms with Gasteiger partial charge in [0.2, 0.25) is 0 Å². The van der Waals surface area contributed by atoms with E-state index in [9.17, 15) is 0 Å². The number of nitrogens with zero attached hydrogens (tertiary/aromatic N) is 2. The number of aromatic nitrogens is 1. The summed E-state index contributed by atoms with van der Waals surface area (Å²) in [6.45, 7) is 1.57. The van der Waals surface area contributed by atoms with Gasteiger partial charge in [0.1, 0.15) is 0 Å². The highest BCUT2D eigenvalue weighted by Gasteiger charge is 2.27. The Kier molecular flexibility index (Phi) is 3.90. The van der Waals surface area contributed by atoms with Gasteiger partial charge in [-0.15, -0.1) is 0 Å². The van der Waals surface area contributed by atoms with Crippen LogP contribution in [0.1, 0.15) is 30.0 Å². The Morgan fingerprint density at radius 2 is 2.25 bits per heavy atom. The van der Waals surface area contributed by atoms with Crippen molar-refractivity contribution < 1.29 is 0 Å². The number of hydrogen-bond donors (Lipinski definition) is 1. The minimum absolute atomic E-state index is 0.368. The molecule has 0 amide bonds. The highest BCUT2D eigenvalue weighted by atomic mass is 35.5. The molecule has 20 heavy (non-hydrogen) atoms. The molecule has 1 aromatic carbocycles. The lowest BCUT2D eigenvalue weighted by molar-refractivity contribution is 0.712. The van der Waals surface area contributed by atoms with Crippen LogP contribution in [0, 0.1) is 0 Å². The molecule has 0 saturated carbocycles. The molecule has 0 spiro atoms. The van der Waals surface area contributed by atoms with Gasteiger partial charge in [0.05, 0.1) is 6.04 Å². The summed E-state index contributed by atoms with van der Waals surface area (Å²) >= 11 is 6.17. The number of halogens is 1. The lowest BCUT2D eigenvalue weighted by atomic mass is 10.1. The van der Waals surface area contributed by atoms with Gasteiger partial charge in [-0.2, -0.15) is 0 Å². The predicted molar refractivity (Wildman–Crippen MR) is 82.9 cm³/mol. The molecule has 2 aromatic rings. The maximum Gasteiger partial charge on any atom is 0.0558 e. The van der Waals surface area contributed by atoms with E-state index in [1.54, 1.807) is 0 Å². The third-order valence-electron chi connectivity index (χ3n) is 3.90. The first kappa shape index (κ1) is 13.4. The molecular weight excluding hydrogens is 270 g/mol. The van der Waals surface area contributed by atoms with Gasteiger partial charge in [0.15, 0.2) is 0 Å². The number of hydrogen-bond acceptors (Lipinski definition) is 3. The van der Waals surface area contributed by atoms with Gasteiger partial charge in [-0.25, -0.2) is 0 Å². The maximum absolute atomic E-state index is 6.17. The van der Waals surface area contributed by atoms with Crippen molar-refractivity contribution in [3.05, 3.63) is 58.9 Å². The van der Waals surface area contributed by atoms with Crippen molar-refractivity contribution in [3.8, 4) is 0 Å². The van der Waals surface area contributed by atoms with Crippen LogP contribution in [-0.2, 0) is 6.54 Å². The third kappa shape index (κ3) is 2.51. The van der Waals surface area contributed by atoms with E-state index in [4.69, 9.17) is 17.3 Å². The second kappa shape index (κ2) is 5.81. The molecule has 1 aliphatic heterocycles. The molecule has 104 valence electrons. The van der Waals surface area contributed by atoms with E-state index in [2.05, 4.69) is 16.0 Å². The van der Waals surface area contributed by atoms with Gasteiger partial charge in [-0.1, -0.05) is 23.7 Å². The Bertz CT molecular complexity index is 586. The number of benzene rings is 1. The number of anilines is 1. The summed E-state index contributed by atoms with van der Waals surface area (Å²) in [6, 6.07) is 10.5. The molecule has 3 nitrogen and oxygen atoms in total. The zero-order valence-corrected chi connectivity index (χ0v) is 12.1. The summed E-state index contributed by atoms with van der Waals surface area (Å²) in [7, 11) is 0. The van der Waals surface area contributed by atoms with E-state index in [0.29, 0.717) is 12.6 Å². The van der Waals surface area contributed by atoms with Crippen LogP contribution >= 0.6 is 11.6 Å². The van der Waals surface area contributed by atoms with E-state index in [1.165, 1.54) is 12.0 Å². The van der Waals surface area contributed by atoms with Crippen LogP contribution in [0.4, 0.5) is 5.69 Å². The zero-order valence-electron chi connectivity index (χ0n) is 11.3. The van der Waals surface area contributed by atoms with Crippen molar-refractivity contribution in [2.24, 2.45) is 5.73 Å². The number of rotatable bonds is 3. The van der Waals surface area contributed by atoms with Gasteiger partial charge >= 0.3 is 0 Å². The average molecular weight is 288 g/mol. The van der Waals surface area contributed by atoms with Crippen LogP contribution in [0.15, 0.2) is 42.7 Å².